The maximum Gasteiger partial charge on any atom is 0.265 e. The molecule has 0 aliphatic heterocycles. The summed E-state index contributed by atoms with van der Waals surface area (Å²) in [6.45, 7) is 1.83. The van der Waals surface area contributed by atoms with Crippen molar-refractivity contribution in [2.24, 2.45) is 0 Å². The number of anilines is 1. The topological polar surface area (TPSA) is 84.9 Å². The number of carbonyl (C=O) groups excluding carboxylic acids is 1. The SMILES string of the molecule is CC[C@@H](Oc1ccccc1)C(=O)Nc1cc(S(=O)(=O)N(C)C)ccc1OC. The van der Waals surface area contributed by atoms with Crippen LogP contribution in [0.2, 0.25) is 0 Å². The molecule has 0 unspecified atom stereocenters. The van der Waals surface area contributed by atoms with Gasteiger partial charge in [-0.15, -0.1) is 0 Å². The smallest absolute Gasteiger partial charge is 0.265 e. The highest BCUT2D eigenvalue weighted by atomic mass is 32.2. The maximum atomic E-state index is 12.7. The summed E-state index contributed by atoms with van der Waals surface area (Å²) >= 11 is 0. The zero-order valence-electron chi connectivity index (χ0n) is 15.8. The van der Waals surface area contributed by atoms with Gasteiger partial charge in [-0.2, -0.15) is 0 Å². The minimum atomic E-state index is -3.64. The van der Waals surface area contributed by atoms with Gasteiger partial charge in [-0.25, -0.2) is 12.7 Å². The molecule has 0 radical (unpaired) electrons. The predicted octanol–water partition coefficient (Wildman–Crippen LogP) is 2.74. The van der Waals surface area contributed by atoms with Crippen LogP contribution in [0.1, 0.15) is 13.3 Å². The van der Waals surface area contributed by atoms with Crippen LogP contribution in [0.25, 0.3) is 0 Å². The van der Waals surface area contributed by atoms with E-state index in [0.717, 1.165) is 4.31 Å². The number of hydrogen-bond donors (Lipinski definition) is 1. The van der Waals surface area contributed by atoms with Crippen molar-refractivity contribution in [3.05, 3.63) is 48.5 Å². The molecule has 0 saturated carbocycles. The molecule has 1 atom stereocenters. The third kappa shape index (κ3) is 4.99. The number of amides is 1. The van der Waals surface area contributed by atoms with E-state index in [-0.39, 0.29) is 16.5 Å². The molecule has 146 valence electrons. The Hall–Kier alpha value is -2.58. The largest absolute Gasteiger partial charge is 0.495 e. The van der Waals surface area contributed by atoms with Crippen LogP contribution >= 0.6 is 0 Å². The molecule has 2 rings (SSSR count). The molecule has 0 fully saturated rings. The summed E-state index contributed by atoms with van der Waals surface area (Å²) in [6, 6.07) is 13.3. The van der Waals surface area contributed by atoms with E-state index in [2.05, 4.69) is 5.32 Å². The van der Waals surface area contributed by atoms with Gasteiger partial charge in [-0.3, -0.25) is 4.79 Å². The Bertz CT molecular complexity index is 882. The van der Waals surface area contributed by atoms with Crippen LogP contribution in [0.3, 0.4) is 0 Å². The average molecular weight is 392 g/mol. The summed E-state index contributed by atoms with van der Waals surface area (Å²) in [7, 11) is 0.694. The lowest BCUT2D eigenvalue weighted by Crippen LogP contribution is -2.32. The van der Waals surface area contributed by atoms with Gasteiger partial charge in [0, 0.05) is 14.1 Å². The summed E-state index contributed by atoms with van der Waals surface area (Å²) in [4.78, 5) is 12.7. The molecule has 1 amide bonds. The second-order valence-electron chi connectivity index (χ2n) is 5.97. The molecule has 0 aliphatic carbocycles. The van der Waals surface area contributed by atoms with E-state index in [1.165, 1.54) is 39.4 Å². The van der Waals surface area contributed by atoms with Gasteiger partial charge in [-0.05, 0) is 36.8 Å². The van der Waals surface area contributed by atoms with E-state index < -0.39 is 16.1 Å². The molecule has 2 aromatic rings. The average Bonchev–Trinajstić information content (AvgIpc) is 2.66. The Labute approximate surface area is 160 Å². The first kappa shape index (κ1) is 20.7. The van der Waals surface area contributed by atoms with Gasteiger partial charge in [-0.1, -0.05) is 25.1 Å². The highest BCUT2D eigenvalue weighted by molar-refractivity contribution is 7.89. The second-order valence-corrected chi connectivity index (χ2v) is 8.12. The zero-order chi connectivity index (χ0) is 20.0. The molecule has 0 aromatic heterocycles. The van der Waals surface area contributed by atoms with E-state index in [9.17, 15) is 13.2 Å². The Morgan fingerprint density at radius 3 is 2.37 bits per heavy atom. The Morgan fingerprint density at radius 1 is 1.15 bits per heavy atom. The van der Waals surface area contributed by atoms with Gasteiger partial charge in [0.2, 0.25) is 10.0 Å². The molecule has 0 spiro atoms. The fraction of sp³-hybridized carbons (Fsp3) is 0.316. The lowest BCUT2D eigenvalue weighted by atomic mass is 10.2. The predicted molar refractivity (Wildman–Crippen MR) is 104 cm³/mol. The van der Waals surface area contributed by atoms with Crippen LogP contribution < -0.4 is 14.8 Å². The Kier molecular flexibility index (Phi) is 6.81. The molecule has 0 saturated heterocycles. The molecule has 27 heavy (non-hydrogen) atoms. The van der Waals surface area contributed by atoms with Crippen molar-refractivity contribution in [3.8, 4) is 11.5 Å². The van der Waals surface area contributed by atoms with E-state index in [0.29, 0.717) is 17.9 Å². The number of methoxy groups -OCH3 is 1. The number of carbonyl (C=O) groups is 1. The van der Waals surface area contributed by atoms with Crippen LogP contribution in [0.15, 0.2) is 53.4 Å². The van der Waals surface area contributed by atoms with Crippen molar-refractivity contribution in [1.29, 1.82) is 0 Å². The fourth-order valence-corrected chi connectivity index (χ4v) is 3.28. The zero-order valence-corrected chi connectivity index (χ0v) is 16.6. The van der Waals surface area contributed by atoms with Gasteiger partial charge in [0.15, 0.2) is 6.10 Å². The lowest BCUT2D eigenvalue weighted by molar-refractivity contribution is -0.122. The van der Waals surface area contributed by atoms with Crippen LogP contribution in [-0.4, -0.2) is 45.9 Å². The number of rotatable bonds is 8. The minimum Gasteiger partial charge on any atom is -0.495 e. The van der Waals surface area contributed by atoms with Crippen molar-refractivity contribution in [2.45, 2.75) is 24.3 Å². The van der Waals surface area contributed by atoms with E-state index in [4.69, 9.17) is 9.47 Å². The first-order valence-corrected chi connectivity index (χ1v) is 9.86. The highest BCUT2D eigenvalue weighted by Gasteiger charge is 2.23. The van der Waals surface area contributed by atoms with E-state index in [1.54, 1.807) is 12.1 Å². The molecular formula is C19H24N2O5S. The number of sulfonamides is 1. The Balaban J connectivity index is 2.27. The van der Waals surface area contributed by atoms with Gasteiger partial charge < -0.3 is 14.8 Å². The monoisotopic (exact) mass is 392 g/mol. The van der Waals surface area contributed by atoms with E-state index in [1.807, 2.05) is 25.1 Å². The molecular weight excluding hydrogens is 368 g/mol. The fourth-order valence-electron chi connectivity index (χ4n) is 2.35. The summed E-state index contributed by atoms with van der Waals surface area (Å²) in [5.74, 6) is 0.546. The molecule has 7 nitrogen and oxygen atoms in total. The number of nitrogens with zero attached hydrogens (tertiary/aromatic N) is 1. The first-order chi connectivity index (χ1) is 12.8. The molecule has 0 aliphatic rings. The molecule has 0 bridgehead atoms. The van der Waals surface area contributed by atoms with Crippen molar-refractivity contribution in [1.82, 2.24) is 4.31 Å². The third-order valence-electron chi connectivity index (χ3n) is 3.89. The summed E-state index contributed by atoms with van der Waals surface area (Å²) in [6.07, 6.45) is -0.287. The quantitative estimate of drug-likeness (QED) is 0.747. The van der Waals surface area contributed by atoms with Crippen molar-refractivity contribution >= 4 is 21.6 Å². The van der Waals surface area contributed by atoms with Gasteiger partial charge in [0.1, 0.15) is 11.5 Å². The van der Waals surface area contributed by atoms with Gasteiger partial charge in [0.05, 0.1) is 17.7 Å². The van der Waals surface area contributed by atoms with Crippen LogP contribution in [0, 0.1) is 0 Å². The highest BCUT2D eigenvalue weighted by Crippen LogP contribution is 2.29. The minimum absolute atomic E-state index is 0.0561. The second kappa shape index (κ2) is 8.88. The van der Waals surface area contributed by atoms with E-state index >= 15 is 0 Å². The number of ether oxygens (including phenoxy) is 2. The van der Waals surface area contributed by atoms with Gasteiger partial charge >= 0.3 is 0 Å². The maximum absolute atomic E-state index is 12.7. The number of hydrogen-bond acceptors (Lipinski definition) is 5. The number of benzene rings is 2. The summed E-state index contributed by atoms with van der Waals surface area (Å²) < 4.78 is 36.8. The van der Waals surface area contributed by atoms with Crippen LogP contribution in [0.4, 0.5) is 5.69 Å². The normalized spacial score (nSPS) is 12.5. The van der Waals surface area contributed by atoms with Crippen LogP contribution in [0.5, 0.6) is 11.5 Å². The molecule has 0 heterocycles. The van der Waals surface area contributed by atoms with Crippen molar-refractivity contribution in [3.63, 3.8) is 0 Å². The Morgan fingerprint density at radius 2 is 1.81 bits per heavy atom. The van der Waals surface area contributed by atoms with Crippen molar-refractivity contribution in [2.75, 3.05) is 26.5 Å². The summed E-state index contributed by atoms with van der Waals surface area (Å²) in [5.41, 5.74) is 0.264. The van der Waals surface area contributed by atoms with Gasteiger partial charge in [0.25, 0.3) is 5.91 Å². The van der Waals surface area contributed by atoms with Crippen molar-refractivity contribution < 1.29 is 22.7 Å². The number of nitrogens with one attached hydrogen (secondary N) is 1. The first-order valence-electron chi connectivity index (χ1n) is 8.42. The number of para-hydroxylation sites is 1. The third-order valence-corrected chi connectivity index (χ3v) is 5.70. The molecule has 2 aromatic carbocycles. The summed E-state index contributed by atoms with van der Waals surface area (Å²) in [5, 5.41) is 2.71. The lowest BCUT2D eigenvalue weighted by Gasteiger charge is -2.19. The molecule has 8 heteroatoms. The standard InChI is InChI=1S/C19H24N2O5S/c1-5-17(26-14-9-7-6-8-10-14)19(22)20-16-13-15(11-12-18(16)25-4)27(23,24)21(2)3/h6-13,17H,5H2,1-4H3,(H,20,22)/t17-/m1/s1. The molecule has 1 N–H and O–H groups in total. The van der Waals surface area contributed by atoms with Crippen LogP contribution in [-0.2, 0) is 14.8 Å².